The molecule has 1 amide bonds. The summed E-state index contributed by atoms with van der Waals surface area (Å²) in [7, 11) is 0. The van der Waals surface area contributed by atoms with Gasteiger partial charge in [0.2, 0.25) is 0 Å². The lowest BCUT2D eigenvalue weighted by Gasteiger charge is -2.19. The number of pyridine rings is 1. The molecule has 25 heavy (non-hydrogen) atoms. The van der Waals surface area contributed by atoms with Gasteiger partial charge in [-0.1, -0.05) is 31.5 Å². The van der Waals surface area contributed by atoms with Gasteiger partial charge in [-0.3, -0.25) is 9.78 Å². The number of aryl methyl sites for hydroxylation is 1. The molecule has 0 atom stereocenters. The highest BCUT2D eigenvalue weighted by Gasteiger charge is 2.18. The van der Waals surface area contributed by atoms with Gasteiger partial charge in [0.05, 0.1) is 10.5 Å². The fraction of sp³-hybridized carbons (Fsp3) is 0.500. The molecule has 0 unspecified atom stereocenters. The Morgan fingerprint density at radius 3 is 2.76 bits per heavy atom. The zero-order valence-electron chi connectivity index (χ0n) is 15.1. The Morgan fingerprint density at radius 1 is 1.24 bits per heavy atom. The molecule has 1 aromatic heterocycles. The predicted molar refractivity (Wildman–Crippen MR) is 104 cm³/mol. The van der Waals surface area contributed by atoms with Crippen LogP contribution in [0.4, 0.5) is 0 Å². The number of nitrogens with zero attached hydrogens (tertiary/aromatic N) is 2. The van der Waals surface area contributed by atoms with E-state index in [1.54, 1.807) is 0 Å². The highest BCUT2D eigenvalue weighted by Crippen LogP contribution is 2.33. The SMILES string of the molecule is CCN(CC)CCNC(=O)c1ccc2c(Cl)c3c(nc2c1)CCCC3. The van der Waals surface area contributed by atoms with Gasteiger partial charge >= 0.3 is 0 Å². The van der Waals surface area contributed by atoms with Crippen molar-refractivity contribution >= 4 is 28.4 Å². The van der Waals surface area contributed by atoms with E-state index in [-0.39, 0.29) is 5.91 Å². The predicted octanol–water partition coefficient (Wildman–Crippen LogP) is 3.84. The number of halogens is 1. The molecule has 0 saturated carbocycles. The van der Waals surface area contributed by atoms with Crippen LogP contribution in [0, 0.1) is 0 Å². The Kier molecular flexibility index (Phi) is 5.92. The molecule has 0 aliphatic heterocycles. The first-order valence-corrected chi connectivity index (χ1v) is 9.63. The minimum Gasteiger partial charge on any atom is -0.351 e. The molecule has 0 spiro atoms. The van der Waals surface area contributed by atoms with Crippen LogP contribution in [-0.2, 0) is 12.8 Å². The summed E-state index contributed by atoms with van der Waals surface area (Å²) < 4.78 is 0. The Balaban J connectivity index is 1.77. The Labute approximate surface area is 154 Å². The van der Waals surface area contributed by atoms with Crippen LogP contribution in [0.25, 0.3) is 10.9 Å². The van der Waals surface area contributed by atoms with E-state index in [0.29, 0.717) is 12.1 Å². The first kappa shape index (κ1) is 18.2. The van der Waals surface area contributed by atoms with Gasteiger partial charge in [0.1, 0.15) is 0 Å². The third-order valence-electron chi connectivity index (χ3n) is 5.06. The third-order valence-corrected chi connectivity index (χ3v) is 5.50. The lowest BCUT2D eigenvalue weighted by molar-refractivity contribution is 0.0949. The standard InChI is InChI=1S/C20H26ClN3O/c1-3-24(4-2)12-11-22-20(25)14-9-10-16-18(13-14)23-17-8-6-5-7-15(17)19(16)21/h9-10,13H,3-8,11-12H2,1-2H3,(H,22,25). The fourth-order valence-corrected chi connectivity index (χ4v) is 3.84. The number of nitrogens with one attached hydrogen (secondary N) is 1. The first-order chi connectivity index (χ1) is 12.1. The molecule has 1 aliphatic carbocycles. The van der Waals surface area contributed by atoms with Crippen molar-refractivity contribution in [3.63, 3.8) is 0 Å². The smallest absolute Gasteiger partial charge is 0.251 e. The van der Waals surface area contributed by atoms with Crippen molar-refractivity contribution in [2.45, 2.75) is 39.5 Å². The third kappa shape index (κ3) is 3.96. The van der Waals surface area contributed by atoms with E-state index in [4.69, 9.17) is 16.6 Å². The van der Waals surface area contributed by atoms with E-state index < -0.39 is 0 Å². The van der Waals surface area contributed by atoms with Crippen molar-refractivity contribution in [1.29, 1.82) is 0 Å². The molecular weight excluding hydrogens is 334 g/mol. The second-order valence-electron chi connectivity index (χ2n) is 6.57. The molecule has 1 N–H and O–H groups in total. The molecule has 0 bridgehead atoms. The molecule has 2 aromatic rings. The highest BCUT2D eigenvalue weighted by molar-refractivity contribution is 6.36. The van der Waals surface area contributed by atoms with E-state index in [1.807, 2.05) is 18.2 Å². The summed E-state index contributed by atoms with van der Waals surface area (Å²) in [6, 6.07) is 5.64. The molecule has 1 heterocycles. The van der Waals surface area contributed by atoms with Gasteiger partial charge in [-0.15, -0.1) is 0 Å². The van der Waals surface area contributed by atoms with Gasteiger partial charge in [0.25, 0.3) is 5.91 Å². The number of amides is 1. The zero-order valence-corrected chi connectivity index (χ0v) is 15.8. The summed E-state index contributed by atoms with van der Waals surface area (Å²) in [5.41, 5.74) is 3.76. The second-order valence-corrected chi connectivity index (χ2v) is 6.95. The van der Waals surface area contributed by atoms with Gasteiger partial charge in [-0.2, -0.15) is 0 Å². The summed E-state index contributed by atoms with van der Waals surface area (Å²) in [6.45, 7) is 7.77. The molecule has 0 saturated heterocycles. The number of likely N-dealkylation sites (N-methyl/N-ethyl adjacent to an activating group) is 1. The number of hydrogen-bond acceptors (Lipinski definition) is 3. The normalized spacial score (nSPS) is 13.9. The average Bonchev–Trinajstić information content (AvgIpc) is 2.65. The maximum atomic E-state index is 12.4. The lowest BCUT2D eigenvalue weighted by atomic mass is 9.94. The molecule has 1 aromatic carbocycles. The van der Waals surface area contributed by atoms with Crippen molar-refractivity contribution in [3.8, 4) is 0 Å². The number of carbonyl (C=O) groups is 1. The van der Waals surface area contributed by atoms with Crippen molar-refractivity contribution in [1.82, 2.24) is 15.2 Å². The fourth-order valence-electron chi connectivity index (χ4n) is 3.48. The molecule has 4 nitrogen and oxygen atoms in total. The lowest BCUT2D eigenvalue weighted by Crippen LogP contribution is -2.34. The van der Waals surface area contributed by atoms with Gasteiger partial charge in [-0.05, 0) is 56.5 Å². The van der Waals surface area contributed by atoms with Crippen molar-refractivity contribution < 1.29 is 4.79 Å². The minimum absolute atomic E-state index is 0.0512. The highest BCUT2D eigenvalue weighted by atomic mass is 35.5. The second kappa shape index (κ2) is 8.15. The summed E-state index contributed by atoms with van der Waals surface area (Å²) in [5, 5.41) is 4.76. The Morgan fingerprint density at radius 2 is 2.00 bits per heavy atom. The van der Waals surface area contributed by atoms with Crippen LogP contribution in [0.3, 0.4) is 0 Å². The largest absolute Gasteiger partial charge is 0.351 e. The zero-order chi connectivity index (χ0) is 17.8. The van der Waals surface area contributed by atoms with Crippen LogP contribution in [0.2, 0.25) is 5.02 Å². The number of rotatable bonds is 6. The number of carbonyl (C=O) groups excluding carboxylic acids is 1. The number of aromatic nitrogens is 1. The number of benzene rings is 1. The molecule has 0 fully saturated rings. The Bertz CT molecular complexity index is 771. The van der Waals surface area contributed by atoms with Crippen molar-refractivity contribution in [3.05, 3.63) is 40.0 Å². The topological polar surface area (TPSA) is 45.2 Å². The van der Waals surface area contributed by atoms with Crippen LogP contribution in [0.15, 0.2) is 18.2 Å². The van der Waals surface area contributed by atoms with Gasteiger partial charge < -0.3 is 10.2 Å². The maximum absolute atomic E-state index is 12.4. The van der Waals surface area contributed by atoms with Crippen molar-refractivity contribution in [2.24, 2.45) is 0 Å². The number of fused-ring (bicyclic) bond motifs is 2. The van der Waals surface area contributed by atoms with Crippen LogP contribution in [0.1, 0.15) is 48.3 Å². The van der Waals surface area contributed by atoms with E-state index in [0.717, 1.165) is 60.5 Å². The van der Waals surface area contributed by atoms with E-state index in [1.165, 1.54) is 12.0 Å². The van der Waals surface area contributed by atoms with Crippen LogP contribution < -0.4 is 5.32 Å². The molecule has 5 heteroatoms. The van der Waals surface area contributed by atoms with Gasteiger partial charge in [0, 0.05) is 29.7 Å². The summed E-state index contributed by atoms with van der Waals surface area (Å²) >= 11 is 6.60. The maximum Gasteiger partial charge on any atom is 0.251 e. The molecular formula is C20H26ClN3O. The first-order valence-electron chi connectivity index (χ1n) is 9.25. The van der Waals surface area contributed by atoms with Gasteiger partial charge in [0.15, 0.2) is 0 Å². The monoisotopic (exact) mass is 359 g/mol. The van der Waals surface area contributed by atoms with Gasteiger partial charge in [-0.25, -0.2) is 0 Å². The summed E-state index contributed by atoms with van der Waals surface area (Å²) in [4.78, 5) is 19.5. The van der Waals surface area contributed by atoms with Crippen LogP contribution in [0.5, 0.6) is 0 Å². The van der Waals surface area contributed by atoms with Crippen LogP contribution in [-0.4, -0.2) is 42.0 Å². The molecule has 0 radical (unpaired) electrons. The minimum atomic E-state index is -0.0512. The van der Waals surface area contributed by atoms with E-state index in [2.05, 4.69) is 24.1 Å². The van der Waals surface area contributed by atoms with E-state index >= 15 is 0 Å². The Hall–Kier alpha value is -1.65. The number of hydrogen-bond donors (Lipinski definition) is 1. The summed E-state index contributed by atoms with van der Waals surface area (Å²) in [5.74, 6) is -0.0512. The summed E-state index contributed by atoms with van der Waals surface area (Å²) in [6.07, 6.45) is 4.32. The van der Waals surface area contributed by atoms with Crippen LogP contribution >= 0.6 is 11.6 Å². The molecule has 134 valence electrons. The molecule has 1 aliphatic rings. The quantitative estimate of drug-likeness (QED) is 0.852. The van der Waals surface area contributed by atoms with Crippen molar-refractivity contribution in [2.75, 3.05) is 26.2 Å². The molecule has 3 rings (SSSR count). The van der Waals surface area contributed by atoms with E-state index in [9.17, 15) is 4.79 Å². The average molecular weight is 360 g/mol.